The van der Waals surface area contributed by atoms with Gasteiger partial charge in [-0.15, -0.1) is 0 Å². The van der Waals surface area contributed by atoms with Gasteiger partial charge in [-0.05, 0) is 42.3 Å². The zero-order valence-corrected chi connectivity index (χ0v) is 9.29. The predicted octanol–water partition coefficient (Wildman–Crippen LogP) is 3.13. The Labute approximate surface area is 98.9 Å². The maximum Gasteiger partial charge on any atom is 0.131 e. The van der Waals surface area contributed by atoms with Gasteiger partial charge in [0.1, 0.15) is 11.6 Å². The van der Waals surface area contributed by atoms with E-state index in [4.69, 9.17) is 5.73 Å². The summed E-state index contributed by atoms with van der Waals surface area (Å²) in [6.45, 7) is 0.373. The van der Waals surface area contributed by atoms with Crippen molar-refractivity contribution in [2.24, 2.45) is 5.73 Å². The van der Waals surface area contributed by atoms with Crippen LogP contribution < -0.4 is 5.73 Å². The second-order valence-corrected chi connectivity index (χ2v) is 3.82. The summed E-state index contributed by atoms with van der Waals surface area (Å²) in [4.78, 5) is 0. The van der Waals surface area contributed by atoms with Crippen LogP contribution in [0, 0.1) is 11.6 Å². The van der Waals surface area contributed by atoms with Crippen LogP contribution in [-0.4, -0.2) is 6.54 Å². The van der Waals surface area contributed by atoms with Crippen LogP contribution in [0.5, 0.6) is 0 Å². The molecule has 0 spiro atoms. The number of halogens is 2. The fraction of sp³-hybridized carbons (Fsp3) is 0.143. The van der Waals surface area contributed by atoms with E-state index in [0.29, 0.717) is 29.7 Å². The van der Waals surface area contributed by atoms with Crippen molar-refractivity contribution in [1.82, 2.24) is 0 Å². The highest BCUT2D eigenvalue weighted by Crippen LogP contribution is 2.24. The minimum absolute atomic E-state index is 0.296. The molecule has 0 heterocycles. The maximum absolute atomic E-state index is 13.6. The molecule has 0 unspecified atom stereocenters. The molecule has 0 saturated carbocycles. The Morgan fingerprint density at radius 3 is 2.41 bits per heavy atom. The molecular formula is C14H13F2N. The first-order chi connectivity index (χ1) is 8.22. The Hall–Kier alpha value is -1.74. The lowest BCUT2D eigenvalue weighted by molar-refractivity contribution is 0.609. The Bertz CT molecular complexity index is 523. The van der Waals surface area contributed by atoms with Crippen molar-refractivity contribution in [2.45, 2.75) is 6.42 Å². The summed E-state index contributed by atoms with van der Waals surface area (Å²) in [5.41, 5.74) is 7.08. The highest BCUT2D eigenvalue weighted by molar-refractivity contribution is 5.64. The van der Waals surface area contributed by atoms with Crippen LogP contribution in [0.15, 0.2) is 42.5 Å². The van der Waals surface area contributed by atoms with E-state index in [-0.39, 0.29) is 11.6 Å². The van der Waals surface area contributed by atoms with Gasteiger partial charge in [0.25, 0.3) is 0 Å². The molecule has 1 nitrogen and oxygen atoms in total. The standard InChI is InChI=1S/C14H13F2N/c15-13-6-5-10(9-11(13)7-8-17)12-3-1-2-4-14(12)16/h1-6,9H,7-8,17H2. The van der Waals surface area contributed by atoms with Gasteiger partial charge in [-0.2, -0.15) is 0 Å². The minimum Gasteiger partial charge on any atom is -0.330 e. The molecule has 0 saturated heterocycles. The molecular weight excluding hydrogens is 220 g/mol. The predicted molar refractivity (Wildman–Crippen MR) is 64.6 cm³/mol. The van der Waals surface area contributed by atoms with Crippen molar-refractivity contribution in [3.05, 3.63) is 59.7 Å². The second-order valence-electron chi connectivity index (χ2n) is 3.82. The molecule has 88 valence electrons. The van der Waals surface area contributed by atoms with Gasteiger partial charge in [0, 0.05) is 5.56 Å². The summed E-state index contributed by atoms with van der Waals surface area (Å²) < 4.78 is 27.0. The Balaban J connectivity index is 2.46. The van der Waals surface area contributed by atoms with E-state index in [0.717, 1.165) is 0 Å². The molecule has 0 aliphatic rings. The summed E-state index contributed by atoms with van der Waals surface area (Å²) in [7, 11) is 0. The van der Waals surface area contributed by atoms with E-state index in [1.165, 1.54) is 12.1 Å². The lowest BCUT2D eigenvalue weighted by atomic mass is 10.0. The SMILES string of the molecule is NCCc1cc(-c2ccccc2F)ccc1F. The van der Waals surface area contributed by atoms with Crippen LogP contribution >= 0.6 is 0 Å². The van der Waals surface area contributed by atoms with Crippen molar-refractivity contribution in [1.29, 1.82) is 0 Å². The molecule has 0 atom stereocenters. The molecule has 0 bridgehead atoms. The third-order valence-corrected chi connectivity index (χ3v) is 2.64. The molecule has 0 aliphatic carbocycles. The third-order valence-electron chi connectivity index (χ3n) is 2.64. The van der Waals surface area contributed by atoms with Crippen LogP contribution in [0.3, 0.4) is 0 Å². The van der Waals surface area contributed by atoms with Gasteiger partial charge in [-0.3, -0.25) is 0 Å². The molecule has 2 rings (SSSR count). The van der Waals surface area contributed by atoms with Gasteiger partial charge in [0.05, 0.1) is 0 Å². The molecule has 0 amide bonds. The van der Waals surface area contributed by atoms with Gasteiger partial charge < -0.3 is 5.73 Å². The van der Waals surface area contributed by atoms with E-state index in [1.807, 2.05) is 0 Å². The van der Waals surface area contributed by atoms with Crippen LogP contribution in [0.2, 0.25) is 0 Å². The summed E-state index contributed by atoms with van der Waals surface area (Å²) in [5.74, 6) is -0.603. The van der Waals surface area contributed by atoms with E-state index in [1.54, 1.807) is 30.3 Å². The first kappa shape index (κ1) is 11.7. The van der Waals surface area contributed by atoms with Gasteiger partial charge in [0.2, 0.25) is 0 Å². The number of nitrogens with two attached hydrogens (primary N) is 1. The van der Waals surface area contributed by atoms with Crippen LogP contribution in [0.25, 0.3) is 11.1 Å². The molecule has 2 aromatic rings. The third kappa shape index (κ3) is 2.50. The lowest BCUT2D eigenvalue weighted by Crippen LogP contribution is -2.04. The second kappa shape index (κ2) is 5.06. The summed E-state index contributed by atoms with van der Waals surface area (Å²) in [6, 6.07) is 11.0. The minimum atomic E-state index is -0.308. The van der Waals surface area contributed by atoms with Gasteiger partial charge in [-0.1, -0.05) is 24.3 Å². The molecule has 2 N–H and O–H groups in total. The Kier molecular flexibility index (Phi) is 3.49. The average molecular weight is 233 g/mol. The quantitative estimate of drug-likeness (QED) is 0.866. The van der Waals surface area contributed by atoms with E-state index < -0.39 is 0 Å². The van der Waals surface area contributed by atoms with Crippen molar-refractivity contribution in [3.63, 3.8) is 0 Å². The number of rotatable bonds is 3. The summed E-state index contributed by atoms with van der Waals surface area (Å²) in [5, 5.41) is 0. The molecule has 0 fully saturated rings. The Morgan fingerprint density at radius 1 is 0.941 bits per heavy atom. The largest absolute Gasteiger partial charge is 0.330 e. The van der Waals surface area contributed by atoms with E-state index >= 15 is 0 Å². The molecule has 0 aromatic heterocycles. The van der Waals surface area contributed by atoms with Crippen molar-refractivity contribution < 1.29 is 8.78 Å². The van der Waals surface area contributed by atoms with Gasteiger partial charge in [-0.25, -0.2) is 8.78 Å². The zero-order chi connectivity index (χ0) is 12.3. The normalized spacial score (nSPS) is 10.5. The fourth-order valence-corrected chi connectivity index (χ4v) is 1.78. The number of benzene rings is 2. The van der Waals surface area contributed by atoms with Crippen LogP contribution in [-0.2, 0) is 6.42 Å². The zero-order valence-electron chi connectivity index (χ0n) is 9.29. The van der Waals surface area contributed by atoms with Crippen LogP contribution in [0.4, 0.5) is 8.78 Å². The Morgan fingerprint density at radius 2 is 1.71 bits per heavy atom. The lowest BCUT2D eigenvalue weighted by Gasteiger charge is -2.07. The van der Waals surface area contributed by atoms with E-state index in [9.17, 15) is 8.78 Å². The topological polar surface area (TPSA) is 26.0 Å². The number of hydrogen-bond acceptors (Lipinski definition) is 1. The maximum atomic E-state index is 13.6. The summed E-state index contributed by atoms with van der Waals surface area (Å²) in [6.07, 6.45) is 0.453. The molecule has 0 aliphatic heterocycles. The average Bonchev–Trinajstić information content (AvgIpc) is 2.33. The van der Waals surface area contributed by atoms with E-state index in [2.05, 4.69) is 0 Å². The molecule has 0 radical (unpaired) electrons. The highest BCUT2D eigenvalue weighted by Gasteiger charge is 2.07. The molecule has 17 heavy (non-hydrogen) atoms. The fourth-order valence-electron chi connectivity index (χ4n) is 1.78. The smallest absolute Gasteiger partial charge is 0.131 e. The molecule has 2 aromatic carbocycles. The first-order valence-electron chi connectivity index (χ1n) is 5.46. The summed E-state index contributed by atoms with van der Waals surface area (Å²) >= 11 is 0. The van der Waals surface area contributed by atoms with Crippen molar-refractivity contribution >= 4 is 0 Å². The van der Waals surface area contributed by atoms with Crippen molar-refractivity contribution in [2.75, 3.05) is 6.54 Å². The van der Waals surface area contributed by atoms with Crippen LogP contribution in [0.1, 0.15) is 5.56 Å². The number of hydrogen-bond donors (Lipinski definition) is 1. The highest BCUT2D eigenvalue weighted by atomic mass is 19.1. The van der Waals surface area contributed by atoms with Crippen molar-refractivity contribution in [3.8, 4) is 11.1 Å². The van der Waals surface area contributed by atoms with Gasteiger partial charge >= 0.3 is 0 Å². The first-order valence-corrected chi connectivity index (χ1v) is 5.46. The monoisotopic (exact) mass is 233 g/mol. The van der Waals surface area contributed by atoms with Gasteiger partial charge in [0.15, 0.2) is 0 Å². The molecule has 3 heteroatoms.